The van der Waals surface area contributed by atoms with Gasteiger partial charge in [-0.05, 0) is 69.1 Å². The van der Waals surface area contributed by atoms with E-state index < -0.39 is 0 Å². The van der Waals surface area contributed by atoms with Crippen LogP contribution in [0.15, 0.2) is 29.1 Å². The van der Waals surface area contributed by atoms with Gasteiger partial charge in [0.05, 0.1) is 13.2 Å². The Morgan fingerprint density at radius 2 is 1.87 bits per heavy atom. The first kappa shape index (κ1) is 21.2. The first-order chi connectivity index (χ1) is 14.6. The number of aromatic amines is 1. The van der Waals surface area contributed by atoms with E-state index in [1.54, 1.807) is 0 Å². The van der Waals surface area contributed by atoms with Crippen molar-refractivity contribution in [3.05, 3.63) is 40.2 Å². The minimum absolute atomic E-state index is 0.0323. The van der Waals surface area contributed by atoms with Crippen molar-refractivity contribution in [2.45, 2.75) is 83.3 Å². The number of hydrogen-bond donors (Lipinski definition) is 2. The topological polar surface area (TPSA) is 57.4 Å². The molecule has 2 aliphatic rings. The molecule has 2 fully saturated rings. The molecule has 4 rings (SSSR count). The highest BCUT2D eigenvalue weighted by atomic mass is 32.1. The molecule has 2 N–H and O–H groups in total. The molecule has 0 unspecified atom stereocenters. The van der Waals surface area contributed by atoms with Crippen LogP contribution in [0.3, 0.4) is 0 Å². The van der Waals surface area contributed by atoms with Gasteiger partial charge in [0.2, 0.25) is 0 Å². The van der Waals surface area contributed by atoms with Crippen LogP contribution in [-0.4, -0.2) is 33.7 Å². The van der Waals surface area contributed by atoms with E-state index in [1.165, 1.54) is 44.9 Å². The Kier molecular flexibility index (Phi) is 6.93. The Hall–Kier alpha value is -2.08. The summed E-state index contributed by atoms with van der Waals surface area (Å²) in [5.74, 6) is 0.824. The van der Waals surface area contributed by atoms with Gasteiger partial charge in [-0.2, -0.15) is 0 Å². The smallest absolute Gasteiger partial charge is 0.253 e. The maximum atomic E-state index is 12.8. The summed E-state index contributed by atoms with van der Waals surface area (Å²) in [6.07, 6.45) is 11.0. The second kappa shape index (κ2) is 9.82. The minimum atomic E-state index is -0.0323. The van der Waals surface area contributed by atoms with Crippen molar-refractivity contribution in [3.63, 3.8) is 0 Å². The van der Waals surface area contributed by atoms with Crippen molar-refractivity contribution in [3.8, 4) is 5.75 Å². The minimum Gasteiger partial charge on any atom is -0.494 e. The van der Waals surface area contributed by atoms with Crippen LogP contribution in [0.2, 0.25) is 0 Å². The van der Waals surface area contributed by atoms with Crippen LogP contribution in [0.25, 0.3) is 10.9 Å². The lowest BCUT2D eigenvalue weighted by molar-refractivity contribution is 0.292. The van der Waals surface area contributed by atoms with Gasteiger partial charge in [-0.3, -0.25) is 4.79 Å². The Labute approximate surface area is 184 Å². The molecular formula is C24H33N3O2S. The van der Waals surface area contributed by atoms with Crippen LogP contribution in [0.1, 0.15) is 70.3 Å². The van der Waals surface area contributed by atoms with Crippen LogP contribution < -0.4 is 15.6 Å². The van der Waals surface area contributed by atoms with Crippen molar-refractivity contribution in [2.24, 2.45) is 0 Å². The van der Waals surface area contributed by atoms with Crippen molar-refractivity contribution in [1.82, 2.24) is 15.2 Å². The summed E-state index contributed by atoms with van der Waals surface area (Å²) in [7, 11) is 0. The number of nitrogens with one attached hydrogen (secondary N) is 2. The van der Waals surface area contributed by atoms with E-state index in [4.69, 9.17) is 17.0 Å². The molecule has 30 heavy (non-hydrogen) atoms. The van der Waals surface area contributed by atoms with E-state index in [0.717, 1.165) is 40.2 Å². The third-order valence-electron chi connectivity index (χ3n) is 6.50. The van der Waals surface area contributed by atoms with E-state index in [1.807, 2.05) is 31.2 Å². The molecule has 1 heterocycles. The van der Waals surface area contributed by atoms with E-state index in [-0.39, 0.29) is 5.56 Å². The van der Waals surface area contributed by atoms with E-state index >= 15 is 0 Å². The number of hydrogen-bond acceptors (Lipinski definition) is 3. The standard InChI is InChI=1S/C24H33N3O2S/c1-2-29-21-12-13-22-17(15-21)14-18(23(28)26-22)16-27(20-10-6-7-11-20)24(30)25-19-8-4-3-5-9-19/h12-15,19-20H,2-11,16H2,1H3,(H,25,30)(H,26,28). The number of nitrogens with zero attached hydrogens (tertiary/aromatic N) is 1. The second-order valence-electron chi connectivity index (χ2n) is 8.66. The van der Waals surface area contributed by atoms with E-state index in [2.05, 4.69) is 15.2 Å². The number of ether oxygens (including phenoxy) is 1. The van der Waals surface area contributed by atoms with Crippen LogP contribution in [-0.2, 0) is 6.54 Å². The molecule has 0 spiro atoms. The zero-order chi connectivity index (χ0) is 20.9. The van der Waals surface area contributed by atoms with Gasteiger partial charge >= 0.3 is 0 Å². The van der Waals surface area contributed by atoms with Crippen molar-refractivity contribution in [2.75, 3.05) is 6.61 Å². The molecule has 1 aromatic heterocycles. The molecule has 2 saturated carbocycles. The Balaban J connectivity index is 1.58. The number of fused-ring (bicyclic) bond motifs is 1. The summed E-state index contributed by atoms with van der Waals surface area (Å²) in [4.78, 5) is 18.1. The van der Waals surface area contributed by atoms with Gasteiger partial charge < -0.3 is 19.9 Å². The van der Waals surface area contributed by atoms with Gasteiger partial charge in [-0.15, -0.1) is 0 Å². The lowest BCUT2D eigenvalue weighted by atomic mass is 9.96. The number of thiocarbonyl (C=S) groups is 1. The van der Waals surface area contributed by atoms with Gasteiger partial charge in [0, 0.05) is 28.6 Å². The SMILES string of the molecule is CCOc1ccc2[nH]c(=O)c(CN(C(=S)NC3CCCCC3)C3CCCC3)cc2c1. The zero-order valence-electron chi connectivity index (χ0n) is 17.9. The average molecular weight is 428 g/mol. The summed E-state index contributed by atoms with van der Waals surface area (Å²) in [6, 6.07) is 8.70. The normalized spacial score (nSPS) is 17.9. The number of rotatable bonds is 6. The summed E-state index contributed by atoms with van der Waals surface area (Å²) in [6.45, 7) is 3.15. The highest BCUT2D eigenvalue weighted by Crippen LogP contribution is 2.26. The maximum absolute atomic E-state index is 12.8. The van der Waals surface area contributed by atoms with Gasteiger partial charge in [-0.25, -0.2) is 0 Å². The zero-order valence-corrected chi connectivity index (χ0v) is 18.7. The third-order valence-corrected chi connectivity index (χ3v) is 6.86. The Bertz CT molecular complexity index is 930. The van der Waals surface area contributed by atoms with Gasteiger partial charge in [0.25, 0.3) is 5.56 Å². The quantitative estimate of drug-likeness (QED) is 0.644. The fourth-order valence-corrected chi connectivity index (χ4v) is 5.25. The first-order valence-corrected chi connectivity index (χ1v) is 11.9. The van der Waals surface area contributed by atoms with Crippen LogP contribution in [0.4, 0.5) is 0 Å². The number of H-pyrrole nitrogens is 1. The van der Waals surface area contributed by atoms with Gasteiger partial charge in [-0.1, -0.05) is 32.1 Å². The fraction of sp³-hybridized carbons (Fsp3) is 0.583. The third kappa shape index (κ3) is 4.97. The Morgan fingerprint density at radius 1 is 1.13 bits per heavy atom. The average Bonchev–Trinajstić information content (AvgIpc) is 3.28. The predicted octanol–water partition coefficient (Wildman–Crippen LogP) is 4.88. The largest absolute Gasteiger partial charge is 0.494 e. The molecule has 0 atom stereocenters. The predicted molar refractivity (Wildman–Crippen MR) is 126 cm³/mol. The second-order valence-corrected chi connectivity index (χ2v) is 9.04. The molecule has 1 aromatic carbocycles. The highest BCUT2D eigenvalue weighted by molar-refractivity contribution is 7.80. The highest BCUT2D eigenvalue weighted by Gasteiger charge is 2.27. The van der Waals surface area contributed by atoms with Crippen LogP contribution in [0.5, 0.6) is 5.75 Å². The summed E-state index contributed by atoms with van der Waals surface area (Å²) < 4.78 is 5.64. The lowest BCUT2D eigenvalue weighted by Crippen LogP contribution is -2.49. The molecule has 0 saturated heterocycles. The molecule has 0 amide bonds. The van der Waals surface area contributed by atoms with Crippen molar-refractivity contribution >= 4 is 28.2 Å². The van der Waals surface area contributed by atoms with Gasteiger partial charge in [0.15, 0.2) is 5.11 Å². The number of aromatic nitrogens is 1. The van der Waals surface area contributed by atoms with Crippen LogP contribution in [0, 0.1) is 0 Å². The monoisotopic (exact) mass is 427 g/mol. The molecule has 0 radical (unpaired) electrons. The van der Waals surface area contributed by atoms with Gasteiger partial charge in [0.1, 0.15) is 5.75 Å². The molecule has 0 bridgehead atoms. The maximum Gasteiger partial charge on any atom is 0.253 e. The van der Waals surface area contributed by atoms with E-state index in [9.17, 15) is 4.79 Å². The van der Waals surface area contributed by atoms with Crippen molar-refractivity contribution in [1.29, 1.82) is 0 Å². The summed E-state index contributed by atoms with van der Waals surface area (Å²) >= 11 is 5.87. The van der Waals surface area contributed by atoms with Crippen molar-refractivity contribution < 1.29 is 4.74 Å². The summed E-state index contributed by atoms with van der Waals surface area (Å²) in [5, 5.41) is 5.43. The fourth-order valence-electron chi connectivity index (χ4n) is 4.87. The summed E-state index contributed by atoms with van der Waals surface area (Å²) in [5.41, 5.74) is 1.56. The first-order valence-electron chi connectivity index (χ1n) is 11.5. The van der Waals surface area contributed by atoms with Crippen LogP contribution >= 0.6 is 12.2 Å². The number of benzene rings is 1. The molecule has 162 valence electrons. The lowest BCUT2D eigenvalue weighted by Gasteiger charge is -2.34. The molecular weight excluding hydrogens is 394 g/mol. The number of pyridine rings is 1. The van der Waals surface area contributed by atoms with E-state index in [0.29, 0.717) is 25.2 Å². The molecule has 5 nitrogen and oxygen atoms in total. The molecule has 0 aliphatic heterocycles. The molecule has 6 heteroatoms. The Morgan fingerprint density at radius 3 is 2.60 bits per heavy atom. The molecule has 2 aromatic rings. The molecule has 2 aliphatic carbocycles.